The molecule has 1 rings (SSSR count). The Labute approximate surface area is 102 Å². The molecule has 0 saturated heterocycles. The Bertz CT molecular complexity index is 396. The minimum absolute atomic E-state index is 0.0267. The molecule has 0 aliphatic heterocycles. The molecular weight excluding hydrogens is 216 g/mol. The normalized spacial score (nSPS) is 12.6. The predicted octanol–water partition coefficient (Wildman–Crippen LogP) is 2.65. The minimum atomic E-state index is -0.346. The van der Waals surface area contributed by atoms with Crippen molar-refractivity contribution in [2.24, 2.45) is 0 Å². The highest BCUT2D eigenvalue weighted by Crippen LogP contribution is 2.27. The molecule has 0 bridgehead atoms. The minimum Gasteiger partial charge on any atom is -0.427 e. The maximum absolute atomic E-state index is 11.0. The van der Waals surface area contributed by atoms with Crippen molar-refractivity contribution in [1.29, 1.82) is 0 Å². The van der Waals surface area contributed by atoms with Crippen molar-refractivity contribution >= 4 is 5.97 Å². The number of rotatable bonds is 4. The van der Waals surface area contributed by atoms with Gasteiger partial charge in [-0.3, -0.25) is 4.79 Å². The van der Waals surface area contributed by atoms with E-state index < -0.39 is 0 Å². The van der Waals surface area contributed by atoms with Crippen molar-refractivity contribution in [2.45, 2.75) is 32.6 Å². The van der Waals surface area contributed by atoms with Gasteiger partial charge in [0.05, 0.1) is 0 Å². The number of benzene rings is 1. The van der Waals surface area contributed by atoms with Gasteiger partial charge in [-0.25, -0.2) is 0 Å². The molecule has 17 heavy (non-hydrogen) atoms. The van der Waals surface area contributed by atoms with Crippen LogP contribution in [-0.4, -0.2) is 17.7 Å². The van der Waals surface area contributed by atoms with Crippen molar-refractivity contribution < 1.29 is 14.6 Å². The lowest BCUT2D eigenvalue weighted by Gasteiger charge is -2.14. The maximum atomic E-state index is 11.0. The van der Waals surface area contributed by atoms with Gasteiger partial charge in [-0.1, -0.05) is 19.9 Å². The Morgan fingerprint density at radius 1 is 1.35 bits per heavy atom. The summed E-state index contributed by atoms with van der Waals surface area (Å²) in [7, 11) is 0. The van der Waals surface area contributed by atoms with E-state index in [0.29, 0.717) is 11.7 Å². The van der Waals surface area contributed by atoms with Crippen LogP contribution >= 0.6 is 0 Å². The summed E-state index contributed by atoms with van der Waals surface area (Å²) in [4.78, 5) is 11.0. The average Bonchev–Trinajstić information content (AvgIpc) is 2.26. The number of esters is 1. The first-order valence-electron chi connectivity index (χ1n) is 5.71. The highest BCUT2D eigenvalue weighted by Gasteiger charge is 2.11. The van der Waals surface area contributed by atoms with Crippen molar-refractivity contribution in [3.63, 3.8) is 0 Å². The number of aliphatic hydroxyl groups excluding tert-OH is 1. The third-order valence-corrected chi connectivity index (χ3v) is 2.57. The summed E-state index contributed by atoms with van der Waals surface area (Å²) in [5.74, 6) is 0.292. The van der Waals surface area contributed by atoms with Crippen LogP contribution in [0.1, 0.15) is 43.7 Å². The van der Waals surface area contributed by atoms with E-state index in [1.54, 1.807) is 6.07 Å². The number of hydrogen-bond acceptors (Lipinski definition) is 3. The van der Waals surface area contributed by atoms with Crippen LogP contribution in [0, 0.1) is 6.92 Å². The van der Waals surface area contributed by atoms with E-state index in [0.717, 1.165) is 11.1 Å². The zero-order valence-corrected chi connectivity index (χ0v) is 10.6. The number of carbonyl (C=O) groups excluding carboxylic acids is 1. The Kier molecular flexibility index (Phi) is 4.70. The fraction of sp³-hybridized carbons (Fsp3) is 0.429. The molecule has 93 valence electrons. The van der Waals surface area contributed by atoms with Gasteiger partial charge in [0.2, 0.25) is 0 Å². The van der Waals surface area contributed by atoms with Crippen LogP contribution in [0.5, 0.6) is 5.75 Å². The topological polar surface area (TPSA) is 46.5 Å². The van der Waals surface area contributed by atoms with E-state index >= 15 is 0 Å². The molecule has 0 heterocycles. The number of hydrogen-bond donors (Lipinski definition) is 1. The second-order valence-corrected chi connectivity index (χ2v) is 4.46. The maximum Gasteiger partial charge on any atom is 0.308 e. The molecule has 1 aromatic carbocycles. The summed E-state index contributed by atoms with van der Waals surface area (Å²) in [5.41, 5.74) is 1.95. The van der Waals surface area contributed by atoms with Gasteiger partial charge < -0.3 is 9.84 Å². The van der Waals surface area contributed by atoms with Crippen LogP contribution < -0.4 is 4.74 Å². The first-order chi connectivity index (χ1) is 7.93. The van der Waals surface area contributed by atoms with E-state index in [1.165, 1.54) is 6.92 Å². The molecule has 1 atom stereocenters. The highest BCUT2D eigenvalue weighted by atomic mass is 16.5. The summed E-state index contributed by atoms with van der Waals surface area (Å²) < 4.78 is 5.09. The molecule has 0 aliphatic carbocycles. The molecule has 0 fully saturated rings. The summed E-state index contributed by atoms with van der Waals surface area (Å²) >= 11 is 0. The Morgan fingerprint density at radius 3 is 2.41 bits per heavy atom. The molecule has 0 aliphatic rings. The van der Waals surface area contributed by atoms with Crippen molar-refractivity contribution in [3.8, 4) is 5.75 Å². The van der Waals surface area contributed by atoms with E-state index in [1.807, 2.05) is 12.1 Å². The number of ether oxygens (including phenoxy) is 1. The zero-order valence-electron chi connectivity index (χ0n) is 10.6. The molecule has 3 heteroatoms. The quantitative estimate of drug-likeness (QED) is 0.644. The third kappa shape index (κ3) is 3.86. The number of carbonyl (C=O) groups is 1. The predicted molar refractivity (Wildman–Crippen MR) is 67.0 cm³/mol. The molecule has 1 aromatic rings. The van der Waals surface area contributed by atoms with Gasteiger partial charge in [0.15, 0.2) is 0 Å². The Balaban J connectivity index is 3.13. The van der Waals surface area contributed by atoms with E-state index in [-0.39, 0.29) is 18.5 Å². The monoisotopic (exact) mass is 235 g/mol. The highest BCUT2D eigenvalue weighted by molar-refractivity contribution is 5.69. The molecule has 0 saturated carbocycles. The zero-order chi connectivity index (χ0) is 13.0. The standard InChI is InChI=1S/C14H19O3/c1-9(2)12-5-13(10(3)8-15)7-14(6-12)17-11(4)16/h5-7,9-10,15H,3,8H2,1-2,4H3. The second-order valence-electron chi connectivity index (χ2n) is 4.46. The summed E-state index contributed by atoms with van der Waals surface area (Å²) in [6.07, 6.45) is 0. The Morgan fingerprint density at radius 2 is 1.94 bits per heavy atom. The molecule has 0 aromatic heterocycles. The van der Waals surface area contributed by atoms with E-state index in [9.17, 15) is 4.79 Å². The molecule has 1 N–H and O–H groups in total. The molecule has 1 unspecified atom stereocenters. The van der Waals surface area contributed by atoms with Crippen LogP contribution in [0.2, 0.25) is 0 Å². The SMILES string of the molecule is [CH2]C(CO)c1cc(OC(C)=O)cc(C(C)C)c1. The van der Waals surface area contributed by atoms with Gasteiger partial charge in [-0.05, 0) is 36.1 Å². The smallest absolute Gasteiger partial charge is 0.308 e. The lowest BCUT2D eigenvalue weighted by molar-refractivity contribution is -0.131. The van der Waals surface area contributed by atoms with Crippen molar-refractivity contribution in [1.82, 2.24) is 0 Å². The fourth-order valence-electron chi connectivity index (χ4n) is 1.55. The molecular formula is C14H19O3. The summed E-state index contributed by atoms with van der Waals surface area (Å²) in [5, 5.41) is 9.12. The first kappa shape index (κ1) is 13.7. The van der Waals surface area contributed by atoms with Gasteiger partial charge in [-0.15, -0.1) is 0 Å². The van der Waals surface area contributed by atoms with Gasteiger partial charge in [-0.2, -0.15) is 0 Å². The van der Waals surface area contributed by atoms with Crippen LogP contribution in [-0.2, 0) is 4.79 Å². The lowest BCUT2D eigenvalue weighted by Crippen LogP contribution is -2.05. The largest absolute Gasteiger partial charge is 0.427 e. The van der Waals surface area contributed by atoms with E-state index in [2.05, 4.69) is 20.8 Å². The molecule has 0 amide bonds. The van der Waals surface area contributed by atoms with Crippen LogP contribution in [0.4, 0.5) is 0 Å². The third-order valence-electron chi connectivity index (χ3n) is 2.57. The van der Waals surface area contributed by atoms with Crippen LogP contribution in [0.25, 0.3) is 0 Å². The summed E-state index contributed by atoms with van der Waals surface area (Å²) in [6, 6.07) is 5.59. The van der Waals surface area contributed by atoms with Gasteiger partial charge in [0.1, 0.15) is 5.75 Å². The van der Waals surface area contributed by atoms with E-state index in [4.69, 9.17) is 9.84 Å². The molecule has 1 radical (unpaired) electrons. The van der Waals surface area contributed by atoms with Crippen LogP contribution in [0.15, 0.2) is 18.2 Å². The van der Waals surface area contributed by atoms with Gasteiger partial charge in [0, 0.05) is 19.4 Å². The first-order valence-corrected chi connectivity index (χ1v) is 5.71. The molecule has 3 nitrogen and oxygen atoms in total. The van der Waals surface area contributed by atoms with Gasteiger partial charge in [0.25, 0.3) is 0 Å². The second kappa shape index (κ2) is 5.82. The number of aliphatic hydroxyl groups is 1. The molecule has 0 spiro atoms. The average molecular weight is 235 g/mol. The van der Waals surface area contributed by atoms with Crippen molar-refractivity contribution in [2.75, 3.05) is 6.61 Å². The van der Waals surface area contributed by atoms with Crippen molar-refractivity contribution in [3.05, 3.63) is 36.2 Å². The summed E-state index contributed by atoms with van der Waals surface area (Å²) in [6.45, 7) is 9.33. The van der Waals surface area contributed by atoms with Gasteiger partial charge >= 0.3 is 5.97 Å². The fourth-order valence-corrected chi connectivity index (χ4v) is 1.55. The lowest BCUT2D eigenvalue weighted by atomic mass is 9.95. The van der Waals surface area contributed by atoms with Crippen LogP contribution in [0.3, 0.4) is 0 Å². The Hall–Kier alpha value is -1.35.